The van der Waals surface area contributed by atoms with Gasteiger partial charge < -0.3 is 9.47 Å². The molecule has 1 aliphatic rings. The molecule has 7 nitrogen and oxygen atoms in total. The van der Waals surface area contributed by atoms with Crippen LogP contribution in [0.2, 0.25) is 0 Å². The van der Waals surface area contributed by atoms with E-state index < -0.39 is 17.8 Å². The number of carbonyl (C=O) groups excluding carboxylic acids is 3. The number of nitrogens with one attached hydrogen (secondary N) is 1. The van der Waals surface area contributed by atoms with E-state index in [9.17, 15) is 14.4 Å². The van der Waals surface area contributed by atoms with Crippen LogP contribution in [-0.2, 0) is 16.2 Å². The van der Waals surface area contributed by atoms with E-state index in [4.69, 9.17) is 9.47 Å². The monoisotopic (exact) mass is 520 g/mol. The Labute approximate surface area is 226 Å². The summed E-state index contributed by atoms with van der Waals surface area (Å²) in [5.41, 5.74) is 3.89. The number of hydrogen-bond donors (Lipinski definition) is 1. The molecule has 196 valence electrons. The van der Waals surface area contributed by atoms with Crippen molar-refractivity contribution < 1.29 is 23.9 Å². The number of anilines is 1. The van der Waals surface area contributed by atoms with Crippen molar-refractivity contribution in [1.29, 1.82) is 0 Å². The van der Waals surface area contributed by atoms with E-state index in [-0.39, 0.29) is 5.57 Å². The van der Waals surface area contributed by atoms with Gasteiger partial charge in [-0.15, -0.1) is 0 Å². The first-order valence-corrected chi connectivity index (χ1v) is 12.7. The van der Waals surface area contributed by atoms with E-state index in [1.807, 2.05) is 32.0 Å². The summed E-state index contributed by atoms with van der Waals surface area (Å²) < 4.78 is 12.1. The second-order valence-electron chi connectivity index (χ2n) is 9.31. The molecule has 0 radical (unpaired) electrons. The molecular weight excluding hydrogens is 492 g/mol. The lowest BCUT2D eigenvalue weighted by Gasteiger charge is -2.26. The second-order valence-corrected chi connectivity index (χ2v) is 9.31. The molecule has 1 N–H and O–H groups in total. The van der Waals surface area contributed by atoms with E-state index in [0.29, 0.717) is 36.0 Å². The molecule has 1 fully saturated rings. The number of amides is 4. The molecular formula is C32H28N2O5. The maximum atomic E-state index is 13.3. The van der Waals surface area contributed by atoms with Crippen molar-refractivity contribution in [2.24, 2.45) is 0 Å². The van der Waals surface area contributed by atoms with Gasteiger partial charge in [-0.3, -0.25) is 14.9 Å². The molecule has 1 saturated heterocycles. The van der Waals surface area contributed by atoms with Gasteiger partial charge in [0.05, 0.1) is 12.3 Å². The SMILES string of the molecule is CCOc1cc(/C=C2\C(=O)NC(=O)N(c3cccc(C)c3)C2=O)ccc1OCc1c(C)ccc2ccccc12. The number of ether oxygens (including phenoxy) is 2. The average Bonchev–Trinajstić information content (AvgIpc) is 2.91. The molecule has 0 spiro atoms. The van der Waals surface area contributed by atoms with Gasteiger partial charge in [-0.2, -0.15) is 0 Å². The number of aryl methyl sites for hydroxylation is 2. The van der Waals surface area contributed by atoms with Gasteiger partial charge in [0.1, 0.15) is 12.2 Å². The number of imide groups is 2. The normalized spacial score (nSPS) is 14.6. The lowest BCUT2D eigenvalue weighted by atomic mass is 10.0. The van der Waals surface area contributed by atoms with Crippen LogP contribution >= 0.6 is 0 Å². The molecule has 1 heterocycles. The molecule has 0 aliphatic carbocycles. The largest absolute Gasteiger partial charge is 0.490 e. The van der Waals surface area contributed by atoms with Crippen LogP contribution in [-0.4, -0.2) is 24.5 Å². The zero-order chi connectivity index (χ0) is 27.5. The number of benzene rings is 4. The van der Waals surface area contributed by atoms with Gasteiger partial charge in [-0.25, -0.2) is 9.69 Å². The van der Waals surface area contributed by atoms with Crippen LogP contribution in [0.3, 0.4) is 0 Å². The average molecular weight is 521 g/mol. The van der Waals surface area contributed by atoms with Gasteiger partial charge >= 0.3 is 6.03 Å². The number of fused-ring (bicyclic) bond motifs is 1. The highest BCUT2D eigenvalue weighted by molar-refractivity contribution is 6.39. The van der Waals surface area contributed by atoms with Crippen molar-refractivity contribution in [3.8, 4) is 11.5 Å². The summed E-state index contributed by atoms with van der Waals surface area (Å²) in [4.78, 5) is 39.4. The van der Waals surface area contributed by atoms with Crippen LogP contribution in [0.15, 0.2) is 84.4 Å². The Bertz CT molecular complexity index is 1640. The summed E-state index contributed by atoms with van der Waals surface area (Å²) in [5.74, 6) is -0.417. The van der Waals surface area contributed by atoms with Crippen molar-refractivity contribution in [3.05, 3.63) is 107 Å². The Kier molecular flexibility index (Phi) is 7.14. The molecule has 39 heavy (non-hydrogen) atoms. The third kappa shape index (κ3) is 5.25. The Morgan fingerprint density at radius 2 is 1.67 bits per heavy atom. The molecule has 1 aliphatic heterocycles. The molecule has 0 atom stereocenters. The van der Waals surface area contributed by atoms with Crippen molar-refractivity contribution in [3.63, 3.8) is 0 Å². The molecule has 7 heteroatoms. The summed E-state index contributed by atoms with van der Waals surface area (Å²) in [6, 6.07) is 23.7. The zero-order valence-corrected chi connectivity index (χ0v) is 22.0. The van der Waals surface area contributed by atoms with E-state index in [1.165, 1.54) is 6.08 Å². The smallest absolute Gasteiger partial charge is 0.335 e. The predicted octanol–water partition coefficient (Wildman–Crippen LogP) is 6.10. The standard InChI is InChI=1S/C32H28N2O5/c1-4-38-29-18-22(13-15-28(29)39-19-27-21(3)12-14-23-9-5-6-11-25(23)27)17-26-30(35)33-32(37)34(31(26)36)24-10-7-8-20(2)16-24/h5-18H,4,19H2,1-3H3,(H,33,35,37)/b26-17+. The predicted molar refractivity (Wildman–Crippen MR) is 151 cm³/mol. The quantitative estimate of drug-likeness (QED) is 0.235. The molecule has 0 bridgehead atoms. The van der Waals surface area contributed by atoms with Crippen LogP contribution in [0.5, 0.6) is 11.5 Å². The number of carbonyl (C=O) groups is 3. The van der Waals surface area contributed by atoms with Gasteiger partial charge in [0.2, 0.25) is 0 Å². The minimum atomic E-state index is -0.782. The Morgan fingerprint density at radius 1 is 0.846 bits per heavy atom. The molecule has 0 unspecified atom stereocenters. The molecule has 5 rings (SSSR count). The van der Waals surface area contributed by atoms with Crippen LogP contribution in [0.4, 0.5) is 10.5 Å². The van der Waals surface area contributed by atoms with E-state index in [0.717, 1.165) is 32.4 Å². The third-order valence-corrected chi connectivity index (χ3v) is 6.59. The number of nitrogens with zero attached hydrogens (tertiary/aromatic N) is 1. The summed E-state index contributed by atoms with van der Waals surface area (Å²) in [6.07, 6.45) is 1.45. The minimum absolute atomic E-state index is 0.154. The summed E-state index contributed by atoms with van der Waals surface area (Å²) >= 11 is 0. The third-order valence-electron chi connectivity index (χ3n) is 6.59. The Hall–Kier alpha value is -4.91. The van der Waals surface area contributed by atoms with Crippen LogP contribution in [0.25, 0.3) is 16.8 Å². The first-order chi connectivity index (χ1) is 18.9. The Balaban J connectivity index is 1.44. The van der Waals surface area contributed by atoms with Gasteiger partial charge in [-0.05, 0) is 78.6 Å². The van der Waals surface area contributed by atoms with Crippen molar-refractivity contribution in [2.75, 3.05) is 11.5 Å². The fraction of sp³-hybridized carbons (Fsp3) is 0.156. The zero-order valence-electron chi connectivity index (χ0n) is 22.0. The molecule has 4 aromatic carbocycles. The molecule has 0 saturated carbocycles. The molecule has 0 aromatic heterocycles. The van der Waals surface area contributed by atoms with Crippen LogP contribution in [0.1, 0.15) is 29.2 Å². The second kappa shape index (κ2) is 10.8. The van der Waals surface area contributed by atoms with E-state index >= 15 is 0 Å². The van der Waals surface area contributed by atoms with Crippen molar-refractivity contribution in [2.45, 2.75) is 27.4 Å². The van der Waals surface area contributed by atoms with Gasteiger partial charge in [0.15, 0.2) is 11.5 Å². The van der Waals surface area contributed by atoms with Crippen LogP contribution < -0.4 is 19.7 Å². The lowest BCUT2D eigenvalue weighted by molar-refractivity contribution is -0.122. The molecule has 4 amide bonds. The highest BCUT2D eigenvalue weighted by atomic mass is 16.5. The summed E-state index contributed by atoms with van der Waals surface area (Å²) in [7, 11) is 0. The van der Waals surface area contributed by atoms with Gasteiger partial charge in [-0.1, -0.05) is 54.6 Å². The summed E-state index contributed by atoms with van der Waals surface area (Å²) in [6.45, 7) is 6.53. The fourth-order valence-electron chi connectivity index (χ4n) is 4.61. The van der Waals surface area contributed by atoms with E-state index in [2.05, 4.69) is 36.5 Å². The van der Waals surface area contributed by atoms with E-state index in [1.54, 1.807) is 36.4 Å². The minimum Gasteiger partial charge on any atom is -0.490 e. The Morgan fingerprint density at radius 3 is 2.46 bits per heavy atom. The fourth-order valence-corrected chi connectivity index (χ4v) is 4.61. The van der Waals surface area contributed by atoms with Gasteiger partial charge in [0, 0.05) is 5.56 Å². The van der Waals surface area contributed by atoms with Gasteiger partial charge in [0.25, 0.3) is 11.8 Å². The molecule has 4 aromatic rings. The topological polar surface area (TPSA) is 84.9 Å². The van der Waals surface area contributed by atoms with Crippen LogP contribution in [0, 0.1) is 13.8 Å². The first kappa shape index (κ1) is 25.7. The number of hydrogen-bond acceptors (Lipinski definition) is 5. The number of urea groups is 1. The highest BCUT2D eigenvalue weighted by Gasteiger charge is 2.36. The maximum absolute atomic E-state index is 13.3. The number of barbiturate groups is 1. The maximum Gasteiger partial charge on any atom is 0.335 e. The first-order valence-electron chi connectivity index (χ1n) is 12.7. The summed E-state index contributed by atoms with van der Waals surface area (Å²) in [5, 5.41) is 4.53. The number of rotatable bonds is 7. The van der Waals surface area contributed by atoms with Crippen molar-refractivity contribution >= 4 is 40.4 Å². The highest BCUT2D eigenvalue weighted by Crippen LogP contribution is 2.32. The van der Waals surface area contributed by atoms with Crippen molar-refractivity contribution in [1.82, 2.24) is 5.32 Å². The lowest BCUT2D eigenvalue weighted by Crippen LogP contribution is -2.54.